The van der Waals surface area contributed by atoms with Crippen LogP contribution in [0, 0.1) is 0 Å². The topological polar surface area (TPSA) is 66.2 Å². The summed E-state index contributed by atoms with van der Waals surface area (Å²) in [7, 11) is 4.35. The molecule has 1 heterocycles. The highest BCUT2D eigenvalue weighted by Crippen LogP contribution is 2.06. The van der Waals surface area contributed by atoms with Gasteiger partial charge in [0.25, 0.3) is 0 Å². The normalized spacial score (nSPS) is 9.58. The van der Waals surface area contributed by atoms with Crippen molar-refractivity contribution in [3.05, 3.63) is 5.82 Å². The SMILES string of the molecule is COC(=O)c1nnc(OC)n1C. The summed E-state index contributed by atoms with van der Waals surface area (Å²) in [6.45, 7) is 0. The second-order valence-electron chi connectivity index (χ2n) is 2.06. The quantitative estimate of drug-likeness (QED) is 0.567. The zero-order valence-electron chi connectivity index (χ0n) is 7.07. The van der Waals surface area contributed by atoms with Crippen molar-refractivity contribution < 1.29 is 14.3 Å². The molecule has 0 aliphatic rings. The fourth-order valence-corrected chi connectivity index (χ4v) is 0.762. The van der Waals surface area contributed by atoms with E-state index in [4.69, 9.17) is 4.74 Å². The van der Waals surface area contributed by atoms with Gasteiger partial charge in [-0.15, -0.1) is 5.10 Å². The van der Waals surface area contributed by atoms with Crippen LogP contribution < -0.4 is 4.74 Å². The summed E-state index contributed by atoms with van der Waals surface area (Å²) in [6, 6.07) is 0.274. The maximum absolute atomic E-state index is 11.0. The Morgan fingerprint density at radius 1 is 1.42 bits per heavy atom. The van der Waals surface area contributed by atoms with E-state index in [0.29, 0.717) is 0 Å². The predicted octanol–water partition coefficient (Wildman–Crippen LogP) is -0.390. The van der Waals surface area contributed by atoms with Gasteiger partial charge in [-0.05, 0) is 0 Å². The Labute approximate surface area is 69.1 Å². The number of ether oxygens (including phenoxy) is 2. The van der Waals surface area contributed by atoms with Gasteiger partial charge in [-0.2, -0.15) is 0 Å². The molecule has 0 atom stereocenters. The Morgan fingerprint density at radius 2 is 2.08 bits per heavy atom. The fraction of sp³-hybridized carbons (Fsp3) is 0.500. The molecule has 0 saturated heterocycles. The van der Waals surface area contributed by atoms with E-state index >= 15 is 0 Å². The molecule has 0 spiro atoms. The minimum atomic E-state index is -0.534. The van der Waals surface area contributed by atoms with Crippen molar-refractivity contribution in [2.75, 3.05) is 14.2 Å². The van der Waals surface area contributed by atoms with E-state index in [-0.39, 0.29) is 11.8 Å². The molecule has 1 aromatic rings. The number of esters is 1. The third-order valence-corrected chi connectivity index (χ3v) is 1.39. The van der Waals surface area contributed by atoms with E-state index in [9.17, 15) is 4.79 Å². The summed E-state index contributed by atoms with van der Waals surface area (Å²) in [4.78, 5) is 11.0. The van der Waals surface area contributed by atoms with Crippen LogP contribution in [0.1, 0.15) is 10.6 Å². The van der Waals surface area contributed by atoms with E-state index in [1.54, 1.807) is 7.05 Å². The van der Waals surface area contributed by atoms with Gasteiger partial charge in [0.15, 0.2) is 0 Å². The van der Waals surface area contributed by atoms with Crippen molar-refractivity contribution in [3.63, 3.8) is 0 Å². The number of carbonyl (C=O) groups is 1. The van der Waals surface area contributed by atoms with Gasteiger partial charge in [-0.3, -0.25) is 4.57 Å². The van der Waals surface area contributed by atoms with Gasteiger partial charge in [0.05, 0.1) is 14.2 Å². The number of aromatic nitrogens is 3. The lowest BCUT2D eigenvalue weighted by Gasteiger charge is -1.99. The molecule has 0 aliphatic heterocycles. The molecular formula is C6H9N3O3. The van der Waals surface area contributed by atoms with Gasteiger partial charge in [-0.25, -0.2) is 4.79 Å². The van der Waals surface area contributed by atoms with Crippen molar-refractivity contribution in [2.24, 2.45) is 7.05 Å². The highest BCUT2D eigenvalue weighted by Gasteiger charge is 2.16. The van der Waals surface area contributed by atoms with Crippen LogP contribution in [0.2, 0.25) is 0 Å². The van der Waals surface area contributed by atoms with Gasteiger partial charge in [0.1, 0.15) is 0 Å². The van der Waals surface area contributed by atoms with Crippen LogP contribution in [0.15, 0.2) is 0 Å². The first-order valence-electron chi connectivity index (χ1n) is 3.22. The first-order valence-corrected chi connectivity index (χ1v) is 3.22. The third-order valence-electron chi connectivity index (χ3n) is 1.39. The van der Waals surface area contributed by atoms with Crippen molar-refractivity contribution in [1.29, 1.82) is 0 Å². The Hall–Kier alpha value is -1.59. The van der Waals surface area contributed by atoms with Gasteiger partial charge >= 0.3 is 12.0 Å². The van der Waals surface area contributed by atoms with Crippen LogP contribution in [-0.2, 0) is 11.8 Å². The summed E-state index contributed by atoms with van der Waals surface area (Å²) in [5.41, 5.74) is 0. The van der Waals surface area contributed by atoms with Crippen LogP contribution in [0.4, 0.5) is 0 Å². The lowest BCUT2D eigenvalue weighted by Crippen LogP contribution is -2.09. The average Bonchev–Trinajstić information content (AvgIpc) is 2.45. The summed E-state index contributed by atoms with van der Waals surface area (Å²) >= 11 is 0. The highest BCUT2D eigenvalue weighted by molar-refractivity contribution is 5.85. The standard InChI is InChI=1S/C6H9N3O3/c1-9-4(5(10)11-2)7-8-6(9)12-3/h1-3H3. The summed E-state index contributed by atoms with van der Waals surface area (Å²) in [5.74, 6) is -0.414. The molecule has 1 rings (SSSR count). The number of hydrogen-bond acceptors (Lipinski definition) is 5. The van der Waals surface area contributed by atoms with Crippen LogP contribution in [0.5, 0.6) is 6.01 Å². The number of nitrogens with zero attached hydrogens (tertiary/aromatic N) is 3. The van der Waals surface area contributed by atoms with Crippen molar-refractivity contribution >= 4 is 5.97 Å². The largest absolute Gasteiger partial charge is 0.467 e. The van der Waals surface area contributed by atoms with Gasteiger partial charge < -0.3 is 9.47 Å². The second kappa shape index (κ2) is 3.21. The Kier molecular flexibility index (Phi) is 2.27. The Bertz CT molecular complexity index is 294. The molecule has 1 aromatic heterocycles. The summed E-state index contributed by atoms with van der Waals surface area (Å²) < 4.78 is 10.7. The molecule has 6 heteroatoms. The molecule has 12 heavy (non-hydrogen) atoms. The monoisotopic (exact) mass is 171 g/mol. The molecule has 0 N–H and O–H groups in total. The smallest absolute Gasteiger partial charge is 0.376 e. The van der Waals surface area contributed by atoms with Crippen LogP contribution >= 0.6 is 0 Å². The first-order chi connectivity index (χ1) is 5.70. The second-order valence-corrected chi connectivity index (χ2v) is 2.06. The maximum atomic E-state index is 11.0. The highest BCUT2D eigenvalue weighted by atomic mass is 16.5. The molecule has 0 bridgehead atoms. The zero-order chi connectivity index (χ0) is 9.14. The summed E-state index contributed by atoms with van der Waals surface area (Å²) in [5, 5.41) is 7.16. The first kappa shape index (κ1) is 8.51. The third kappa shape index (κ3) is 1.23. The van der Waals surface area contributed by atoms with Crippen LogP contribution in [0.3, 0.4) is 0 Å². The zero-order valence-corrected chi connectivity index (χ0v) is 7.07. The van der Waals surface area contributed by atoms with E-state index < -0.39 is 5.97 Å². The van der Waals surface area contributed by atoms with Gasteiger partial charge in [0, 0.05) is 7.05 Å². The maximum Gasteiger partial charge on any atom is 0.376 e. The molecule has 0 radical (unpaired) electrons. The lowest BCUT2D eigenvalue weighted by molar-refractivity contribution is 0.0581. The minimum Gasteiger partial charge on any atom is -0.467 e. The molecular weight excluding hydrogens is 162 g/mol. The molecule has 66 valence electrons. The van der Waals surface area contributed by atoms with Crippen LogP contribution in [-0.4, -0.2) is 35.0 Å². The molecule has 0 amide bonds. The lowest BCUT2D eigenvalue weighted by atomic mass is 10.6. The molecule has 0 saturated carbocycles. The molecule has 0 aliphatic carbocycles. The van der Waals surface area contributed by atoms with Crippen molar-refractivity contribution in [1.82, 2.24) is 14.8 Å². The van der Waals surface area contributed by atoms with E-state index in [0.717, 1.165) is 0 Å². The Morgan fingerprint density at radius 3 is 2.50 bits per heavy atom. The minimum absolute atomic E-state index is 0.120. The molecule has 0 unspecified atom stereocenters. The molecule has 0 aromatic carbocycles. The van der Waals surface area contributed by atoms with E-state index in [1.807, 2.05) is 0 Å². The number of methoxy groups -OCH3 is 2. The van der Waals surface area contributed by atoms with Crippen molar-refractivity contribution in [3.8, 4) is 6.01 Å². The number of hydrogen-bond donors (Lipinski definition) is 0. The van der Waals surface area contributed by atoms with E-state index in [1.165, 1.54) is 18.8 Å². The van der Waals surface area contributed by atoms with E-state index in [2.05, 4.69) is 14.9 Å². The Balaban J connectivity index is 3.02. The van der Waals surface area contributed by atoms with Crippen LogP contribution in [0.25, 0.3) is 0 Å². The van der Waals surface area contributed by atoms with Gasteiger partial charge in [0.2, 0.25) is 5.82 Å². The van der Waals surface area contributed by atoms with Gasteiger partial charge in [-0.1, -0.05) is 5.10 Å². The number of carbonyl (C=O) groups excluding carboxylic acids is 1. The molecule has 6 nitrogen and oxygen atoms in total. The summed E-state index contributed by atoms with van der Waals surface area (Å²) in [6.07, 6.45) is 0. The fourth-order valence-electron chi connectivity index (χ4n) is 0.762. The predicted molar refractivity (Wildman–Crippen MR) is 38.9 cm³/mol. The van der Waals surface area contributed by atoms with Crippen molar-refractivity contribution in [2.45, 2.75) is 0 Å². The number of rotatable bonds is 2. The molecule has 0 fully saturated rings. The average molecular weight is 171 g/mol.